The molecule has 0 spiro atoms. The molecule has 0 N–H and O–H groups in total. The summed E-state index contributed by atoms with van der Waals surface area (Å²) in [6, 6.07) is 68.9. The van der Waals surface area contributed by atoms with Crippen LogP contribution in [0.25, 0.3) is 88.1 Å². The topological polar surface area (TPSA) is 22.2 Å². The van der Waals surface area contributed by atoms with E-state index in [0.717, 1.165) is 22.7 Å². The van der Waals surface area contributed by atoms with Gasteiger partial charge in [0.15, 0.2) is 0 Å². The lowest BCUT2D eigenvalue weighted by Crippen LogP contribution is -2.02. The molecule has 0 radical (unpaired) electrons. The Kier molecular flexibility index (Phi) is 9.41. The Morgan fingerprint density at radius 3 is 0.982 bits per heavy atom. The minimum atomic E-state index is 0.916. The highest BCUT2D eigenvalue weighted by molar-refractivity contribution is 6.02. The maximum Gasteiger partial charge on any atom is 0.0732 e. The Morgan fingerprint density at radius 2 is 0.649 bits per heavy atom. The van der Waals surface area contributed by atoms with Crippen LogP contribution in [0, 0.1) is 0 Å². The summed E-state index contributed by atoms with van der Waals surface area (Å²) in [6.45, 7) is 8.11. The third-order valence-electron chi connectivity index (χ3n) is 11.1. The average molecular weight is 734 g/mol. The highest BCUT2D eigenvalue weighted by Gasteiger charge is 2.17. The first-order valence-corrected chi connectivity index (χ1v) is 19.5. The van der Waals surface area contributed by atoms with Crippen molar-refractivity contribution in [2.45, 2.75) is 13.8 Å². The van der Waals surface area contributed by atoms with Crippen molar-refractivity contribution in [2.24, 2.45) is 12.1 Å². The second-order valence-corrected chi connectivity index (χ2v) is 14.7. The lowest BCUT2D eigenvalue weighted by molar-refractivity contribution is 0.905. The number of allylic oxidation sites excluding steroid dienone is 1. The molecule has 0 amide bonds. The van der Waals surface area contributed by atoms with E-state index in [1.54, 1.807) is 0 Å². The molecule has 8 aromatic carbocycles. The minimum absolute atomic E-state index is 0.916. The zero-order valence-electron chi connectivity index (χ0n) is 32.5. The van der Waals surface area contributed by atoms with E-state index in [1.807, 2.05) is 13.8 Å². The number of rotatable bonds is 6. The third kappa shape index (κ3) is 6.64. The molecule has 3 heteroatoms. The Bertz CT molecular complexity index is 2920. The summed E-state index contributed by atoms with van der Waals surface area (Å²) in [5, 5.41) is 15.0. The first kappa shape index (κ1) is 35.5. The maximum atomic E-state index is 5.02. The van der Waals surface area contributed by atoms with Crippen molar-refractivity contribution in [2.75, 3.05) is 0 Å². The van der Waals surface area contributed by atoms with Gasteiger partial charge < -0.3 is 4.57 Å². The molecule has 0 saturated heterocycles. The lowest BCUT2D eigenvalue weighted by atomic mass is 10.0. The Morgan fingerprint density at radius 1 is 0.368 bits per heavy atom. The maximum absolute atomic E-state index is 5.02. The van der Waals surface area contributed by atoms with Crippen LogP contribution < -0.4 is 0 Å². The smallest absolute Gasteiger partial charge is 0.0732 e. The van der Waals surface area contributed by atoms with Gasteiger partial charge in [0.1, 0.15) is 0 Å². The van der Waals surface area contributed by atoms with Gasteiger partial charge in [-0.25, -0.2) is 4.68 Å². The first-order chi connectivity index (χ1) is 28.0. The molecule has 0 fully saturated rings. The largest absolute Gasteiger partial charge is 0.344 e. The van der Waals surface area contributed by atoms with Gasteiger partial charge in [0.2, 0.25) is 0 Å². The highest BCUT2D eigenvalue weighted by Crippen LogP contribution is 2.37. The van der Waals surface area contributed by atoms with Crippen LogP contribution in [0.2, 0.25) is 0 Å². The summed E-state index contributed by atoms with van der Waals surface area (Å²) in [4.78, 5) is 0. The van der Waals surface area contributed by atoms with Gasteiger partial charge in [-0.05, 0) is 86.8 Å². The standard InChI is InChI=1S/C29H24N2.C25H19N/c1-20(2)21(3)30-31-28(26-16-8-12-22-10-4-6-14-24(22)26)18-19-29(31)27-17-9-13-23-11-5-7-15-25(23)27;1-26-24(22-14-6-10-18-8-2-4-12-20(18)22)16-17-25(26)23-15-7-11-19-9-3-5-13-21(19)23/h4-19H,1H2,2-3H3;2-17H,1H3/b30-21+;. The van der Waals surface area contributed by atoms with Crippen molar-refractivity contribution in [1.82, 2.24) is 9.24 Å². The Labute approximate surface area is 334 Å². The van der Waals surface area contributed by atoms with Crippen LogP contribution >= 0.6 is 0 Å². The molecule has 0 aliphatic carbocycles. The lowest BCUT2D eigenvalue weighted by Gasteiger charge is -2.14. The van der Waals surface area contributed by atoms with Crippen molar-refractivity contribution < 1.29 is 0 Å². The van der Waals surface area contributed by atoms with E-state index in [-0.39, 0.29) is 0 Å². The third-order valence-corrected chi connectivity index (χ3v) is 11.1. The van der Waals surface area contributed by atoms with Gasteiger partial charge in [-0.3, -0.25) is 0 Å². The van der Waals surface area contributed by atoms with Crippen molar-refractivity contribution in [1.29, 1.82) is 0 Å². The molecule has 274 valence electrons. The van der Waals surface area contributed by atoms with Gasteiger partial charge in [0.25, 0.3) is 0 Å². The van der Waals surface area contributed by atoms with E-state index in [1.165, 1.54) is 76.7 Å². The molecule has 10 rings (SSSR count). The van der Waals surface area contributed by atoms with Crippen molar-refractivity contribution in [3.8, 4) is 45.0 Å². The summed E-state index contributed by atoms with van der Waals surface area (Å²) in [5.74, 6) is 0. The monoisotopic (exact) mass is 733 g/mol. The fourth-order valence-corrected chi connectivity index (χ4v) is 8.03. The minimum Gasteiger partial charge on any atom is -0.344 e. The van der Waals surface area contributed by atoms with Gasteiger partial charge in [-0.15, -0.1) is 0 Å². The zero-order valence-corrected chi connectivity index (χ0v) is 32.5. The van der Waals surface area contributed by atoms with E-state index in [4.69, 9.17) is 5.10 Å². The average Bonchev–Trinajstić information content (AvgIpc) is 3.85. The SMILES string of the molecule is C=C(C)/C(C)=N/n1c(-c2cccc3ccccc23)ccc1-c1cccc2ccccc12.Cn1c(-c2cccc3ccccc23)ccc1-c1cccc2ccccc12. The van der Waals surface area contributed by atoms with Crippen molar-refractivity contribution in [3.63, 3.8) is 0 Å². The molecule has 0 saturated carbocycles. The van der Waals surface area contributed by atoms with Crippen LogP contribution in [-0.2, 0) is 7.05 Å². The number of hydrogen-bond acceptors (Lipinski definition) is 1. The summed E-state index contributed by atoms with van der Waals surface area (Å²) in [5.41, 5.74) is 11.4. The second kappa shape index (κ2) is 15.1. The number of benzene rings is 8. The molecule has 0 aliphatic rings. The number of fused-ring (bicyclic) bond motifs is 4. The second-order valence-electron chi connectivity index (χ2n) is 14.7. The van der Waals surface area contributed by atoms with Crippen LogP contribution in [0.1, 0.15) is 13.8 Å². The molecular weight excluding hydrogens is 691 g/mol. The Hall–Kier alpha value is -7.23. The first-order valence-electron chi connectivity index (χ1n) is 19.5. The van der Waals surface area contributed by atoms with Crippen LogP contribution in [0.4, 0.5) is 0 Å². The van der Waals surface area contributed by atoms with E-state index in [2.05, 4.69) is 217 Å². The van der Waals surface area contributed by atoms with Crippen LogP contribution in [-0.4, -0.2) is 15.0 Å². The van der Waals surface area contributed by atoms with Gasteiger partial charge in [0.05, 0.1) is 17.1 Å². The number of aromatic nitrogens is 2. The van der Waals surface area contributed by atoms with Gasteiger partial charge in [0, 0.05) is 40.7 Å². The molecule has 0 bridgehead atoms. The summed E-state index contributed by atoms with van der Waals surface area (Å²) in [6.07, 6.45) is 0. The molecule has 0 atom stereocenters. The highest BCUT2D eigenvalue weighted by atomic mass is 15.4. The quantitative estimate of drug-likeness (QED) is 0.152. The molecule has 2 aromatic heterocycles. The van der Waals surface area contributed by atoms with Crippen LogP contribution in [0.5, 0.6) is 0 Å². The van der Waals surface area contributed by atoms with Gasteiger partial charge >= 0.3 is 0 Å². The predicted octanol–water partition coefficient (Wildman–Crippen LogP) is 14.6. The molecule has 3 nitrogen and oxygen atoms in total. The summed E-state index contributed by atoms with van der Waals surface area (Å²) < 4.78 is 4.39. The van der Waals surface area contributed by atoms with E-state index in [0.29, 0.717) is 0 Å². The summed E-state index contributed by atoms with van der Waals surface area (Å²) in [7, 11) is 2.16. The number of hydrogen-bond donors (Lipinski definition) is 0. The predicted molar refractivity (Wildman–Crippen MR) is 245 cm³/mol. The molecule has 0 unspecified atom stereocenters. The molecule has 2 heterocycles. The van der Waals surface area contributed by atoms with Crippen LogP contribution in [0.3, 0.4) is 0 Å². The number of nitrogens with zero attached hydrogens (tertiary/aromatic N) is 3. The molecule has 10 aromatic rings. The molecular formula is C54H43N3. The molecule has 57 heavy (non-hydrogen) atoms. The van der Waals surface area contributed by atoms with Gasteiger partial charge in [-0.2, -0.15) is 5.10 Å². The normalized spacial score (nSPS) is 11.6. The zero-order chi connectivity index (χ0) is 38.9. The fraction of sp³-hybridized carbons (Fsp3) is 0.0556. The Balaban J connectivity index is 0.000000150. The fourth-order valence-electron chi connectivity index (χ4n) is 8.03. The van der Waals surface area contributed by atoms with E-state index < -0.39 is 0 Å². The summed E-state index contributed by atoms with van der Waals surface area (Å²) >= 11 is 0. The van der Waals surface area contributed by atoms with E-state index in [9.17, 15) is 0 Å². The van der Waals surface area contributed by atoms with Crippen molar-refractivity contribution in [3.05, 3.63) is 206 Å². The van der Waals surface area contributed by atoms with Gasteiger partial charge in [-0.1, -0.05) is 176 Å². The van der Waals surface area contributed by atoms with Crippen LogP contribution in [0.15, 0.2) is 211 Å². The van der Waals surface area contributed by atoms with Crippen molar-refractivity contribution >= 4 is 48.8 Å². The molecule has 0 aliphatic heterocycles. The van der Waals surface area contributed by atoms with E-state index >= 15 is 0 Å².